The molecule has 0 saturated carbocycles. The highest BCUT2D eigenvalue weighted by Gasteiger charge is 2.47. The fraction of sp³-hybridized carbons (Fsp3) is 0.231. The maximum atomic E-state index is 13.7. The molecule has 0 radical (unpaired) electrons. The Labute approximate surface area is 232 Å². The molecule has 1 aliphatic rings. The summed E-state index contributed by atoms with van der Waals surface area (Å²) in [5.41, 5.74) is 5.88. The highest BCUT2D eigenvalue weighted by molar-refractivity contribution is 7.93. The summed E-state index contributed by atoms with van der Waals surface area (Å²) in [6.45, 7) is 3.62. The second-order valence-corrected chi connectivity index (χ2v) is 13.2. The fourth-order valence-corrected chi connectivity index (χ4v) is 8.42. The first-order valence-electron chi connectivity index (χ1n) is 11.8. The van der Waals surface area contributed by atoms with Gasteiger partial charge < -0.3 is 16.2 Å². The highest BCUT2D eigenvalue weighted by atomic mass is 35.5. The molecule has 0 bridgehead atoms. The standard InChI is InChI=1S/C26H24ClN5O5S2/c1-2-21(20-8-15-4-5-16(27)9-19(15)38-20)39(36,37)25-24(35)32-26(12-29-25,11-22(33)34)10-14-3-6-17-18(7-14)30-13-31-23(17)28/h2-9,13,21,25,29H,1,10-12H2,(H,32,35)(H,33,34)(H2,28,30,31). The number of thiophene rings is 1. The van der Waals surface area contributed by atoms with E-state index in [9.17, 15) is 23.1 Å². The highest BCUT2D eigenvalue weighted by Crippen LogP contribution is 2.37. The molecule has 5 rings (SSSR count). The van der Waals surface area contributed by atoms with Crippen molar-refractivity contribution in [3.05, 3.63) is 76.9 Å². The Kier molecular flexibility index (Phi) is 7.06. The Morgan fingerprint density at radius 2 is 2.08 bits per heavy atom. The van der Waals surface area contributed by atoms with Crippen LogP contribution in [0.25, 0.3) is 21.0 Å². The maximum absolute atomic E-state index is 13.7. The normalized spacial score (nSPS) is 20.5. The summed E-state index contributed by atoms with van der Waals surface area (Å²) in [5, 5.41) is 14.4. The van der Waals surface area contributed by atoms with Gasteiger partial charge in [0, 0.05) is 26.5 Å². The lowest BCUT2D eigenvalue weighted by atomic mass is 9.85. The van der Waals surface area contributed by atoms with E-state index in [1.165, 1.54) is 23.7 Å². The molecule has 3 heterocycles. The van der Waals surface area contributed by atoms with Crippen LogP contribution in [0.15, 0.2) is 61.4 Å². The van der Waals surface area contributed by atoms with Crippen LogP contribution in [0.4, 0.5) is 5.82 Å². The minimum absolute atomic E-state index is 0.0925. The van der Waals surface area contributed by atoms with Gasteiger partial charge in [-0.3, -0.25) is 14.9 Å². The first-order chi connectivity index (χ1) is 18.5. The average Bonchev–Trinajstić information content (AvgIpc) is 3.26. The molecule has 13 heteroatoms. The summed E-state index contributed by atoms with van der Waals surface area (Å²) in [7, 11) is -4.16. The largest absolute Gasteiger partial charge is 0.481 e. The third-order valence-electron chi connectivity index (χ3n) is 6.69. The molecule has 2 aromatic carbocycles. The molecule has 202 valence electrons. The number of anilines is 1. The molecule has 3 atom stereocenters. The number of nitrogens with two attached hydrogens (primary N) is 1. The van der Waals surface area contributed by atoms with Crippen LogP contribution in [-0.4, -0.2) is 52.8 Å². The van der Waals surface area contributed by atoms with Crippen molar-refractivity contribution < 1.29 is 23.1 Å². The molecule has 2 aromatic heterocycles. The number of sulfone groups is 1. The molecule has 1 aliphatic heterocycles. The van der Waals surface area contributed by atoms with Gasteiger partial charge in [-0.2, -0.15) is 0 Å². The average molecular weight is 586 g/mol. The van der Waals surface area contributed by atoms with Gasteiger partial charge in [-0.15, -0.1) is 17.9 Å². The molecular formula is C26H24ClN5O5S2. The van der Waals surface area contributed by atoms with Crippen LogP contribution in [0.3, 0.4) is 0 Å². The Bertz CT molecular complexity index is 1740. The molecule has 1 saturated heterocycles. The number of aromatic nitrogens is 2. The number of nitrogens with zero attached hydrogens (tertiary/aromatic N) is 2. The number of carboxylic acid groups (broad SMARTS) is 1. The Morgan fingerprint density at radius 1 is 1.28 bits per heavy atom. The number of hydrogen-bond donors (Lipinski definition) is 4. The van der Waals surface area contributed by atoms with Gasteiger partial charge in [-0.05, 0) is 47.7 Å². The number of hydrogen-bond acceptors (Lipinski definition) is 9. The van der Waals surface area contributed by atoms with Crippen LogP contribution >= 0.6 is 22.9 Å². The first-order valence-corrected chi connectivity index (χ1v) is 14.6. The number of carboxylic acids is 1. The van der Waals surface area contributed by atoms with E-state index in [0.29, 0.717) is 32.2 Å². The molecule has 1 fully saturated rings. The number of halogens is 1. The van der Waals surface area contributed by atoms with Crippen LogP contribution in [-0.2, 0) is 25.8 Å². The zero-order valence-corrected chi connectivity index (χ0v) is 22.8. The van der Waals surface area contributed by atoms with E-state index in [4.69, 9.17) is 17.3 Å². The number of nitrogens with one attached hydrogen (secondary N) is 2. The molecular weight excluding hydrogens is 562 g/mol. The van der Waals surface area contributed by atoms with Gasteiger partial charge in [-0.1, -0.05) is 29.8 Å². The van der Waals surface area contributed by atoms with Crippen molar-refractivity contribution in [3.8, 4) is 0 Å². The molecule has 0 aliphatic carbocycles. The Balaban J connectivity index is 1.42. The van der Waals surface area contributed by atoms with E-state index in [1.54, 1.807) is 42.5 Å². The lowest BCUT2D eigenvalue weighted by molar-refractivity contribution is -0.139. The summed E-state index contributed by atoms with van der Waals surface area (Å²) < 4.78 is 28.2. The third kappa shape index (κ3) is 5.20. The number of piperazine rings is 1. The van der Waals surface area contributed by atoms with E-state index >= 15 is 0 Å². The van der Waals surface area contributed by atoms with Gasteiger partial charge in [0.1, 0.15) is 17.4 Å². The summed E-state index contributed by atoms with van der Waals surface area (Å²) in [5.74, 6) is -1.66. The Hall–Kier alpha value is -3.58. The number of nitrogen functional groups attached to an aromatic ring is 1. The lowest BCUT2D eigenvalue weighted by Crippen LogP contribution is -2.69. The summed E-state index contributed by atoms with van der Waals surface area (Å²) >= 11 is 7.34. The zero-order chi connectivity index (χ0) is 27.9. The molecule has 5 N–H and O–H groups in total. The predicted octanol–water partition coefficient (Wildman–Crippen LogP) is 3.22. The smallest absolute Gasteiger partial charge is 0.305 e. The lowest BCUT2D eigenvalue weighted by Gasteiger charge is -2.41. The number of carbonyl (C=O) groups is 2. The quantitative estimate of drug-likeness (QED) is 0.227. The van der Waals surface area contributed by atoms with Crippen molar-refractivity contribution in [2.24, 2.45) is 0 Å². The summed E-state index contributed by atoms with van der Waals surface area (Å²) in [6, 6.07) is 12.2. The molecule has 39 heavy (non-hydrogen) atoms. The van der Waals surface area contributed by atoms with E-state index < -0.39 is 44.3 Å². The van der Waals surface area contributed by atoms with Crippen molar-refractivity contribution in [1.82, 2.24) is 20.6 Å². The molecule has 1 amide bonds. The monoisotopic (exact) mass is 585 g/mol. The minimum Gasteiger partial charge on any atom is -0.481 e. The zero-order valence-electron chi connectivity index (χ0n) is 20.4. The number of carbonyl (C=O) groups excluding carboxylic acids is 1. The topological polar surface area (TPSA) is 164 Å². The van der Waals surface area contributed by atoms with Crippen molar-refractivity contribution in [2.45, 2.75) is 29.0 Å². The predicted molar refractivity (Wildman–Crippen MR) is 151 cm³/mol. The molecule has 4 aromatic rings. The number of benzene rings is 2. The van der Waals surface area contributed by atoms with Crippen molar-refractivity contribution in [3.63, 3.8) is 0 Å². The van der Waals surface area contributed by atoms with Crippen LogP contribution < -0.4 is 16.4 Å². The van der Waals surface area contributed by atoms with E-state index in [-0.39, 0.29) is 13.0 Å². The summed E-state index contributed by atoms with van der Waals surface area (Å²) in [6.07, 6.45) is 2.31. The summed E-state index contributed by atoms with van der Waals surface area (Å²) in [4.78, 5) is 33.8. The van der Waals surface area contributed by atoms with Crippen LogP contribution in [0, 0.1) is 0 Å². The molecule has 10 nitrogen and oxygen atoms in total. The van der Waals surface area contributed by atoms with Gasteiger partial charge in [0.25, 0.3) is 5.91 Å². The third-order valence-corrected chi connectivity index (χ3v) is 10.5. The van der Waals surface area contributed by atoms with E-state index in [2.05, 4.69) is 27.2 Å². The van der Waals surface area contributed by atoms with Gasteiger partial charge in [-0.25, -0.2) is 18.4 Å². The molecule has 3 unspecified atom stereocenters. The van der Waals surface area contributed by atoms with Gasteiger partial charge in [0.05, 0.1) is 17.5 Å². The van der Waals surface area contributed by atoms with Gasteiger partial charge >= 0.3 is 5.97 Å². The minimum atomic E-state index is -4.16. The van der Waals surface area contributed by atoms with Crippen LogP contribution in [0.5, 0.6) is 0 Å². The molecule has 0 spiro atoms. The SMILES string of the molecule is C=CC(c1cc2ccc(Cl)cc2s1)S(=O)(=O)C1NCC(CC(=O)O)(Cc2ccc3c(N)ncnc3c2)NC1=O. The van der Waals surface area contributed by atoms with E-state index in [1.807, 2.05) is 0 Å². The second-order valence-electron chi connectivity index (χ2n) is 9.46. The van der Waals surface area contributed by atoms with Crippen molar-refractivity contribution >= 4 is 71.5 Å². The Morgan fingerprint density at radius 3 is 2.79 bits per heavy atom. The van der Waals surface area contributed by atoms with Crippen molar-refractivity contribution in [1.29, 1.82) is 0 Å². The van der Waals surface area contributed by atoms with Gasteiger partial charge in [0.2, 0.25) is 0 Å². The number of aliphatic carboxylic acids is 1. The number of amides is 1. The maximum Gasteiger partial charge on any atom is 0.305 e. The van der Waals surface area contributed by atoms with Crippen LogP contribution in [0.1, 0.15) is 22.1 Å². The first kappa shape index (κ1) is 27.0. The number of rotatable bonds is 8. The van der Waals surface area contributed by atoms with Gasteiger partial charge in [0.15, 0.2) is 15.2 Å². The van der Waals surface area contributed by atoms with E-state index in [0.717, 1.165) is 10.1 Å². The fourth-order valence-electron chi connectivity index (χ4n) is 4.93. The number of fused-ring (bicyclic) bond motifs is 2. The second kappa shape index (κ2) is 10.2. The van der Waals surface area contributed by atoms with Crippen LogP contribution in [0.2, 0.25) is 5.02 Å². The van der Waals surface area contributed by atoms with Crippen molar-refractivity contribution in [2.75, 3.05) is 12.3 Å².